The first kappa shape index (κ1) is 17.3. The smallest absolute Gasteiger partial charge is 0.302 e. The van der Waals surface area contributed by atoms with Crippen LogP contribution in [0.3, 0.4) is 0 Å². The number of hydrogen-bond acceptors (Lipinski definition) is 3. The monoisotopic (exact) mass is 344 g/mol. The molecule has 0 spiro atoms. The van der Waals surface area contributed by atoms with Crippen molar-refractivity contribution in [1.29, 1.82) is 0 Å². The van der Waals surface area contributed by atoms with Crippen molar-refractivity contribution in [3.63, 3.8) is 0 Å². The summed E-state index contributed by atoms with van der Waals surface area (Å²) in [5, 5.41) is 0. The van der Waals surface area contributed by atoms with Crippen LogP contribution < -0.4 is 0 Å². The van der Waals surface area contributed by atoms with E-state index in [0.717, 1.165) is 32.1 Å². The van der Waals surface area contributed by atoms with Crippen LogP contribution in [0.1, 0.15) is 72.1 Å². The summed E-state index contributed by atoms with van der Waals surface area (Å²) < 4.78 is 5.51. The van der Waals surface area contributed by atoms with Gasteiger partial charge in [0.1, 0.15) is 11.9 Å². The van der Waals surface area contributed by atoms with Gasteiger partial charge in [0.2, 0.25) is 0 Å². The van der Waals surface area contributed by atoms with Crippen molar-refractivity contribution in [1.82, 2.24) is 0 Å². The zero-order chi connectivity index (χ0) is 18.0. The van der Waals surface area contributed by atoms with E-state index in [1.165, 1.54) is 25.3 Å². The number of ketones is 1. The van der Waals surface area contributed by atoms with E-state index in [1.54, 1.807) is 0 Å². The third kappa shape index (κ3) is 2.44. The van der Waals surface area contributed by atoms with Crippen molar-refractivity contribution in [2.24, 2.45) is 34.5 Å². The Labute approximate surface area is 151 Å². The van der Waals surface area contributed by atoms with E-state index >= 15 is 0 Å². The molecule has 0 aromatic heterocycles. The lowest BCUT2D eigenvalue weighted by atomic mass is 9.44. The molecule has 0 bridgehead atoms. The molecule has 0 amide bonds. The summed E-state index contributed by atoms with van der Waals surface area (Å²) in [7, 11) is 0. The minimum atomic E-state index is -0.170. The summed E-state index contributed by atoms with van der Waals surface area (Å²) in [6.07, 6.45) is 8.31. The SMILES string of the molecule is C=C1CC[C@H]2[C@@H]3CCC4CC(OC(C)=O)CC[C@]4(C)[C@@H]3C(=O)C[C@]12C. The largest absolute Gasteiger partial charge is 0.463 e. The van der Waals surface area contributed by atoms with Gasteiger partial charge in [-0.3, -0.25) is 9.59 Å². The van der Waals surface area contributed by atoms with Crippen molar-refractivity contribution in [2.75, 3.05) is 0 Å². The molecular weight excluding hydrogens is 312 g/mol. The standard InChI is InChI=1S/C22H32O3/c1-13-5-8-18-17-7-6-15-11-16(25-14(2)23)9-10-21(15,3)20(17)19(24)12-22(13,18)4/h15-18,20H,1,5-12H2,2-4H3/t15?,16?,17-,18-,20-,21-,22+/m0/s1. The maximum atomic E-state index is 13.3. The number of esters is 1. The Bertz CT molecular complexity index is 623. The summed E-state index contributed by atoms with van der Waals surface area (Å²) in [4.78, 5) is 24.7. The Balaban J connectivity index is 1.60. The molecule has 4 aliphatic carbocycles. The molecule has 4 rings (SSSR count). The fourth-order valence-electron chi connectivity index (χ4n) is 7.28. The predicted octanol–water partition coefficient (Wildman–Crippen LogP) is 4.70. The van der Waals surface area contributed by atoms with E-state index in [2.05, 4.69) is 20.4 Å². The minimum Gasteiger partial charge on any atom is -0.463 e. The first-order valence-corrected chi connectivity index (χ1v) is 10.1. The number of carbonyl (C=O) groups is 2. The van der Waals surface area contributed by atoms with Crippen LogP contribution in [-0.2, 0) is 14.3 Å². The normalized spacial score (nSPS) is 49.2. The highest BCUT2D eigenvalue weighted by Gasteiger charge is 2.62. The molecule has 0 aromatic carbocycles. The van der Waals surface area contributed by atoms with Crippen LogP contribution in [0.25, 0.3) is 0 Å². The summed E-state index contributed by atoms with van der Waals surface area (Å²) in [5.41, 5.74) is 1.47. The van der Waals surface area contributed by atoms with E-state index in [-0.39, 0.29) is 28.8 Å². The molecule has 7 atom stereocenters. The van der Waals surface area contributed by atoms with Crippen molar-refractivity contribution in [3.8, 4) is 0 Å². The lowest BCUT2D eigenvalue weighted by Crippen LogP contribution is -2.57. The van der Waals surface area contributed by atoms with Crippen LogP contribution in [0, 0.1) is 34.5 Å². The van der Waals surface area contributed by atoms with Crippen LogP contribution in [0.2, 0.25) is 0 Å². The fourth-order valence-corrected chi connectivity index (χ4v) is 7.28. The van der Waals surface area contributed by atoms with Crippen LogP contribution in [0.15, 0.2) is 12.2 Å². The first-order chi connectivity index (χ1) is 11.8. The predicted molar refractivity (Wildman–Crippen MR) is 96.8 cm³/mol. The van der Waals surface area contributed by atoms with E-state index in [0.29, 0.717) is 30.0 Å². The van der Waals surface area contributed by atoms with Crippen molar-refractivity contribution in [2.45, 2.75) is 78.2 Å². The van der Waals surface area contributed by atoms with Crippen LogP contribution in [-0.4, -0.2) is 17.9 Å². The van der Waals surface area contributed by atoms with Crippen molar-refractivity contribution < 1.29 is 14.3 Å². The minimum absolute atomic E-state index is 0.0520. The molecule has 4 fully saturated rings. The molecule has 138 valence electrons. The highest BCUT2D eigenvalue weighted by molar-refractivity contribution is 5.85. The Hall–Kier alpha value is -1.12. The Kier molecular flexibility index (Phi) is 3.94. The number of rotatable bonds is 1. The average molecular weight is 344 g/mol. The van der Waals surface area contributed by atoms with E-state index in [4.69, 9.17) is 4.74 Å². The number of carbonyl (C=O) groups excluding carboxylic acids is 2. The molecular formula is C22H32O3. The van der Waals surface area contributed by atoms with Crippen LogP contribution >= 0.6 is 0 Å². The van der Waals surface area contributed by atoms with Gasteiger partial charge >= 0.3 is 5.97 Å². The molecule has 0 aromatic rings. The number of Topliss-reactive ketones (excluding diaryl/α,β-unsaturated/α-hetero) is 1. The molecule has 4 saturated carbocycles. The Morgan fingerprint density at radius 1 is 1.20 bits per heavy atom. The summed E-state index contributed by atoms with van der Waals surface area (Å²) in [6, 6.07) is 0. The maximum absolute atomic E-state index is 13.3. The molecule has 0 saturated heterocycles. The van der Waals surface area contributed by atoms with Gasteiger partial charge in [-0.25, -0.2) is 0 Å². The van der Waals surface area contributed by atoms with Crippen LogP contribution in [0.4, 0.5) is 0 Å². The van der Waals surface area contributed by atoms with Gasteiger partial charge in [0.15, 0.2) is 0 Å². The van der Waals surface area contributed by atoms with Gasteiger partial charge in [0.05, 0.1) is 0 Å². The van der Waals surface area contributed by atoms with Gasteiger partial charge in [0.25, 0.3) is 0 Å². The van der Waals surface area contributed by atoms with Crippen LogP contribution in [0.5, 0.6) is 0 Å². The van der Waals surface area contributed by atoms with Gasteiger partial charge in [-0.1, -0.05) is 26.0 Å². The second-order valence-electron chi connectivity index (χ2n) is 9.74. The molecule has 3 nitrogen and oxygen atoms in total. The van der Waals surface area contributed by atoms with E-state index < -0.39 is 0 Å². The Morgan fingerprint density at radius 2 is 1.96 bits per heavy atom. The number of hydrogen-bond donors (Lipinski definition) is 0. The maximum Gasteiger partial charge on any atom is 0.302 e. The average Bonchev–Trinajstić information content (AvgIpc) is 2.82. The lowest BCUT2D eigenvalue weighted by Gasteiger charge is -2.59. The molecule has 0 heterocycles. The van der Waals surface area contributed by atoms with Gasteiger partial charge in [-0.05, 0) is 73.5 Å². The molecule has 2 unspecified atom stereocenters. The zero-order valence-corrected chi connectivity index (χ0v) is 16.0. The molecule has 0 radical (unpaired) electrons. The van der Waals surface area contributed by atoms with E-state index in [1.807, 2.05) is 0 Å². The molecule has 0 N–H and O–H groups in total. The number of fused-ring (bicyclic) bond motifs is 5. The lowest BCUT2D eigenvalue weighted by molar-refractivity contribution is -0.166. The second kappa shape index (κ2) is 5.69. The molecule has 25 heavy (non-hydrogen) atoms. The van der Waals surface area contributed by atoms with Gasteiger partial charge in [-0.15, -0.1) is 0 Å². The Morgan fingerprint density at radius 3 is 2.68 bits per heavy atom. The quantitative estimate of drug-likeness (QED) is 0.512. The highest BCUT2D eigenvalue weighted by atomic mass is 16.5. The number of ether oxygens (including phenoxy) is 1. The molecule has 4 aliphatic rings. The van der Waals surface area contributed by atoms with Crippen molar-refractivity contribution >= 4 is 11.8 Å². The number of allylic oxidation sites excluding steroid dienone is 1. The topological polar surface area (TPSA) is 43.4 Å². The zero-order valence-electron chi connectivity index (χ0n) is 16.0. The highest BCUT2D eigenvalue weighted by Crippen LogP contribution is 2.66. The molecule has 3 heteroatoms. The van der Waals surface area contributed by atoms with Gasteiger partial charge in [-0.2, -0.15) is 0 Å². The summed E-state index contributed by atoms with van der Waals surface area (Å²) >= 11 is 0. The third-order valence-electron chi connectivity index (χ3n) is 8.59. The fraction of sp³-hybridized carbons (Fsp3) is 0.818. The summed E-state index contributed by atoms with van der Waals surface area (Å²) in [6.45, 7) is 10.5. The molecule has 0 aliphatic heterocycles. The van der Waals surface area contributed by atoms with Crippen molar-refractivity contribution in [3.05, 3.63) is 12.2 Å². The summed E-state index contributed by atoms with van der Waals surface area (Å²) in [5.74, 6) is 2.24. The second-order valence-corrected chi connectivity index (χ2v) is 9.74. The third-order valence-corrected chi connectivity index (χ3v) is 8.59. The van der Waals surface area contributed by atoms with E-state index in [9.17, 15) is 9.59 Å². The van der Waals surface area contributed by atoms with Gasteiger partial charge in [0, 0.05) is 19.3 Å². The first-order valence-electron chi connectivity index (χ1n) is 10.1. The van der Waals surface area contributed by atoms with Gasteiger partial charge < -0.3 is 4.74 Å².